The predicted molar refractivity (Wildman–Crippen MR) is 78.6 cm³/mol. The van der Waals surface area contributed by atoms with Crippen molar-refractivity contribution < 1.29 is 0 Å². The summed E-state index contributed by atoms with van der Waals surface area (Å²) in [6.07, 6.45) is 9.73. The molecular formula is C16H25N3O. The number of aromatic amines is 1. The highest BCUT2D eigenvalue weighted by atomic mass is 16.1. The molecule has 1 aromatic rings. The number of nitrogens with zero attached hydrogens (tertiary/aromatic N) is 1. The maximum Gasteiger partial charge on any atom is 0.267 e. The second-order valence-corrected chi connectivity index (χ2v) is 7.49. The molecule has 20 heavy (non-hydrogen) atoms. The Balaban J connectivity index is 1.66. The van der Waals surface area contributed by atoms with Crippen molar-refractivity contribution in [2.45, 2.75) is 56.9 Å². The minimum Gasteiger partial charge on any atom is -0.330 e. The van der Waals surface area contributed by atoms with Gasteiger partial charge in [0.1, 0.15) is 0 Å². The normalized spacial score (nSPS) is 38.5. The van der Waals surface area contributed by atoms with Crippen LogP contribution in [0.5, 0.6) is 0 Å². The van der Waals surface area contributed by atoms with Gasteiger partial charge in [-0.15, -0.1) is 0 Å². The fourth-order valence-corrected chi connectivity index (χ4v) is 5.56. The standard InChI is InChI=1S/C16H25N3O/c17-3-1-2-14-7-15(20)19(18-14)16-8-11-4-12(9-16)6-13(5-11)10-16/h7,11-13,18H,1-6,8-10,17H2. The van der Waals surface area contributed by atoms with Crippen molar-refractivity contribution in [1.29, 1.82) is 0 Å². The van der Waals surface area contributed by atoms with E-state index in [1.807, 2.05) is 4.68 Å². The van der Waals surface area contributed by atoms with E-state index in [9.17, 15) is 4.79 Å². The maximum atomic E-state index is 12.4. The second-order valence-electron chi connectivity index (χ2n) is 7.49. The van der Waals surface area contributed by atoms with Gasteiger partial charge in [0.2, 0.25) is 0 Å². The summed E-state index contributed by atoms with van der Waals surface area (Å²) in [7, 11) is 0. The fraction of sp³-hybridized carbons (Fsp3) is 0.812. The zero-order chi connectivity index (χ0) is 13.7. The van der Waals surface area contributed by atoms with E-state index in [4.69, 9.17) is 5.73 Å². The molecule has 0 aliphatic heterocycles. The van der Waals surface area contributed by atoms with Crippen LogP contribution in [0.25, 0.3) is 0 Å². The Labute approximate surface area is 119 Å². The lowest BCUT2D eigenvalue weighted by Crippen LogP contribution is -2.54. The molecule has 4 aliphatic rings. The number of nitrogens with two attached hydrogens (primary N) is 1. The SMILES string of the molecule is NCCCc1cc(=O)n(C23CC4CC(CC(C4)C2)C3)[nH]1. The smallest absolute Gasteiger partial charge is 0.267 e. The molecule has 3 N–H and O–H groups in total. The van der Waals surface area contributed by atoms with Crippen LogP contribution in [0.4, 0.5) is 0 Å². The lowest BCUT2D eigenvalue weighted by Gasteiger charge is -2.56. The Hall–Kier alpha value is -1.03. The third-order valence-electron chi connectivity index (χ3n) is 5.90. The lowest BCUT2D eigenvalue weighted by atomic mass is 9.53. The van der Waals surface area contributed by atoms with E-state index in [1.54, 1.807) is 6.07 Å². The first-order valence-corrected chi connectivity index (χ1v) is 8.20. The molecule has 5 rings (SSSR count). The van der Waals surface area contributed by atoms with Crippen LogP contribution in [0, 0.1) is 17.8 Å². The molecule has 0 spiro atoms. The molecule has 110 valence electrons. The van der Waals surface area contributed by atoms with Crippen molar-refractivity contribution in [3.05, 3.63) is 22.1 Å². The lowest BCUT2D eigenvalue weighted by molar-refractivity contribution is -0.0511. The number of aryl methyl sites for hydroxylation is 1. The Morgan fingerprint density at radius 3 is 2.35 bits per heavy atom. The van der Waals surface area contributed by atoms with Gasteiger partial charge in [-0.25, -0.2) is 4.68 Å². The second kappa shape index (κ2) is 4.48. The zero-order valence-electron chi connectivity index (χ0n) is 12.1. The van der Waals surface area contributed by atoms with Gasteiger partial charge in [0, 0.05) is 11.8 Å². The molecular weight excluding hydrogens is 250 g/mol. The van der Waals surface area contributed by atoms with Crippen LogP contribution >= 0.6 is 0 Å². The van der Waals surface area contributed by atoms with Gasteiger partial charge in [-0.1, -0.05) is 0 Å². The third-order valence-corrected chi connectivity index (χ3v) is 5.90. The van der Waals surface area contributed by atoms with Gasteiger partial charge in [-0.3, -0.25) is 9.89 Å². The minimum atomic E-state index is 0.118. The molecule has 4 heteroatoms. The maximum absolute atomic E-state index is 12.4. The van der Waals surface area contributed by atoms with E-state index in [0.29, 0.717) is 6.54 Å². The van der Waals surface area contributed by atoms with Crippen LogP contribution in [0.3, 0.4) is 0 Å². The average Bonchev–Trinajstić information content (AvgIpc) is 2.77. The van der Waals surface area contributed by atoms with Crippen molar-refractivity contribution in [2.75, 3.05) is 6.54 Å². The number of H-pyrrole nitrogens is 1. The van der Waals surface area contributed by atoms with E-state index < -0.39 is 0 Å². The summed E-state index contributed by atoms with van der Waals surface area (Å²) < 4.78 is 2.00. The van der Waals surface area contributed by atoms with Crippen molar-refractivity contribution >= 4 is 0 Å². The number of hydrogen-bond donors (Lipinski definition) is 2. The fourth-order valence-electron chi connectivity index (χ4n) is 5.56. The Bertz CT molecular complexity index is 521. The first-order chi connectivity index (χ1) is 9.68. The average molecular weight is 275 g/mol. The molecule has 0 radical (unpaired) electrons. The summed E-state index contributed by atoms with van der Waals surface area (Å²) in [5.41, 5.74) is 6.93. The summed E-state index contributed by atoms with van der Waals surface area (Å²) in [5, 5.41) is 3.42. The summed E-state index contributed by atoms with van der Waals surface area (Å²) in [6, 6.07) is 1.80. The summed E-state index contributed by atoms with van der Waals surface area (Å²) in [6.45, 7) is 0.685. The molecule has 1 aromatic heterocycles. The van der Waals surface area contributed by atoms with E-state index >= 15 is 0 Å². The third kappa shape index (κ3) is 1.88. The summed E-state index contributed by atoms with van der Waals surface area (Å²) in [5.74, 6) is 2.59. The highest BCUT2D eigenvalue weighted by molar-refractivity contribution is 5.09. The van der Waals surface area contributed by atoms with E-state index in [2.05, 4.69) is 5.10 Å². The number of rotatable bonds is 4. The molecule has 0 atom stereocenters. The minimum absolute atomic E-state index is 0.118. The first-order valence-electron chi connectivity index (χ1n) is 8.20. The van der Waals surface area contributed by atoms with Gasteiger partial charge >= 0.3 is 0 Å². The van der Waals surface area contributed by atoms with E-state index in [1.165, 1.54) is 38.5 Å². The Kier molecular flexibility index (Phi) is 2.85. The Morgan fingerprint density at radius 2 is 1.80 bits per heavy atom. The summed E-state index contributed by atoms with van der Waals surface area (Å²) in [4.78, 5) is 12.4. The molecule has 4 nitrogen and oxygen atoms in total. The van der Waals surface area contributed by atoms with Gasteiger partial charge in [-0.05, 0) is 75.7 Å². The molecule has 4 aliphatic carbocycles. The highest BCUT2D eigenvalue weighted by Gasteiger charge is 2.52. The molecule has 0 amide bonds. The van der Waals surface area contributed by atoms with Crippen LogP contribution < -0.4 is 11.3 Å². The van der Waals surface area contributed by atoms with Gasteiger partial charge < -0.3 is 5.73 Å². The van der Waals surface area contributed by atoms with Gasteiger partial charge in [0.05, 0.1) is 5.54 Å². The predicted octanol–water partition coefficient (Wildman–Crippen LogP) is 1.99. The monoisotopic (exact) mass is 275 g/mol. The van der Waals surface area contributed by atoms with Crippen molar-refractivity contribution in [2.24, 2.45) is 23.5 Å². The van der Waals surface area contributed by atoms with Crippen LogP contribution in [-0.2, 0) is 12.0 Å². The Morgan fingerprint density at radius 1 is 1.20 bits per heavy atom. The molecule has 4 saturated carbocycles. The molecule has 0 unspecified atom stereocenters. The number of hydrogen-bond acceptors (Lipinski definition) is 2. The van der Waals surface area contributed by atoms with Crippen molar-refractivity contribution in [3.8, 4) is 0 Å². The largest absolute Gasteiger partial charge is 0.330 e. The number of aromatic nitrogens is 2. The first kappa shape index (κ1) is 12.7. The van der Waals surface area contributed by atoms with E-state index in [0.717, 1.165) is 36.3 Å². The van der Waals surface area contributed by atoms with Gasteiger partial charge in [-0.2, -0.15) is 0 Å². The summed E-state index contributed by atoms with van der Waals surface area (Å²) >= 11 is 0. The van der Waals surface area contributed by atoms with Crippen LogP contribution in [0.1, 0.15) is 50.6 Å². The van der Waals surface area contributed by atoms with Crippen molar-refractivity contribution in [1.82, 2.24) is 9.78 Å². The molecule has 1 heterocycles. The van der Waals surface area contributed by atoms with Crippen LogP contribution in [0.15, 0.2) is 10.9 Å². The molecule has 0 aromatic carbocycles. The van der Waals surface area contributed by atoms with Crippen LogP contribution in [-0.4, -0.2) is 16.3 Å². The molecule has 4 bridgehead atoms. The number of nitrogens with one attached hydrogen (secondary N) is 1. The quantitative estimate of drug-likeness (QED) is 0.882. The van der Waals surface area contributed by atoms with Crippen molar-refractivity contribution in [3.63, 3.8) is 0 Å². The topological polar surface area (TPSA) is 63.8 Å². The highest BCUT2D eigenvalue weighted by Crippen LogP contribution is 2.58. The van der Waals surface area contributed by atoms with E-state index in [-0.39, 0.29) is 11.1 Å². The van der Waals surface area contributed by atoms with Gasteiger partial charge in [0.25, 0.3) is 5.56 Å². The van der Waals surface area contributed by atoms with Crippen LogP contribution in [0.2, 0.25) is 0 Å². The molecule has 0 saturated heterocycles. The van der Waals surface area contributed by atoms with Gasteiger partial charge in [0.15, 0.2) is 0 Å². The molecule has 4 fully saturated rings. The zero-order valence-corrected chi connectivity index (χ0v) is 12.1.